The quantitative estimate of drug-likeness (QED) is 0.263. The fourth-order valence-electron chi connectivity index (χ4n) is 3.72. The number of hydrogen-bond donors (Lipinski definition) is 0. The van der Waals surface area contributed by atoms with Gasteiger partial charge in [0.05, 0.1) is 11.3 Å². The van der Waals surface area contributed by atoms with Crippen molar-refractivity contribution in [2.24, 2.45) is 5.92 Å². The van der Waals surface area contributed by atoms with Crippen LogP contribution in [-0.4, -0.2) is 22.6 Å². The highest BCUT2D eigenvalue weighted by Crippen LogP contribution is 2.34. The van der Waals surface area contributed by atoms with E-state index in [0.717, 1.165) is 36.1 Å². The summed E-state index contributed by atoms with van der Waals surface area (Å²) in [6.07, 6.45) is 4.83. The lowest BCUT2D eigenvalue weighted by Gasteiger charge is -2.09. The monoisotopic (exact) mass is 483 g/mol. The summed E-state index contributed by atoms with van der Waals surface area (Å²) in [5.74, 6) is 4.61. The Morgan fingerprint density at radius 2 is 1.74 bits per heavy atom. The number of nitrogens with zero attached hydrogens (tertiary/aromatic N) is 3. The molecular weight excluding hydrogens is 457 g/mol. The van der Waals surface area contributed by atoms with Gasteiger partial charge in [0.1, 0.15) is 13.9 Å². The number of oxazole rings is 1. The van der Waals surface area contributed by atoms with Crippen molar-refractivity contribution in [3.8, 4) is 40.1 Å². The van der Waals surface area contributed by atoms with E-state index in [1.165, 1.54) is 16.7 Å². The summed E-state index contributed by atoms with van der Waals surface area (Å²) < 4.78 is 21.1. The van der Waals surface area contributed by atoms with Crippen LogP contribution in [0.15, 0.2) is 70.0 Å². The molecule has 1 fully saturated rings. The van der Waals surface area contributed by atoms with E-state index in [9.17, 15) is 9.18 Å². The second kappa shape index (κ2) is 9.12. The van der Waals surface area contributed by atoms with Crippen LogP contribution in [0.3, 0.4) is 0 Å². The molecule has 7 heteroatoms. The zero-order chi connectivity index (χ0) is 24.6. The van der Waals surface area contributed by atoms with Crippen LogP contribution in [0.4, 0.5) is 4.39 Å². The maximum absolute atomic E-state index is 13.5. The van der Waals surface area contributed by atoms with Crippen LogP contribution in [0.5, 0.6) is 0 Å². The molecule has 1 aliphatic rings. The van der Waals surface area contributed by atoms with Gasteiger partial charge in [-0.15, -0.1) is 5.54 Å². The van der Waals surface area contributed by atoms with Crippen LogP contribution in [0.25, 0.3) is 28.6 Å². The van der Waals surface area contributed by atoms with E-state index >= 15 is 0 Å². The van der Waals surface area contributed by atoms with Crippen LogP contribution < -0.4 is 5.69 Å². The molecule has 1 saturated carbocycles. The zero-order valence-electron chi connectivity index (χ0n) is 20.0. The van der Waals surface area contributed by atoms with E-state index in [0.29, 0.717) is 29.0 Å². The van der Waals surface area contributed by atoms with Gasteiger partial charge < -0.3 is 4.42 Å². The second-order valence-corrected chi connectivity index (χ2v) is 14.7. The first-order valence-electron chi connectivity index (χ1n) is 11.8. The van der Waals surface area contributed by atoms with Gasteiger partial charge in [0.15, 0.2) is 11.6 Å². The maximum Gasteiger partial charge on any atom is 0.353 e. The van der Waals surface area contributed by atoms with E-state index in [1.807, 2.05) is 30.3 Å². The van der Waals surface area contributed by atoms with Crippen molar-refractivity contribution in [2.45, 2.75) is 38.9 Å². The van der Waals surface area contributed by atoms with E-state index in [1.54, 1.807) is 18.3 Å². The van der Waals surface area contributed by atoms with E-state index in [-0.39, 0.29) is 5.82 Å². The highest BCUT2D eigenvalue weighted by Gasteiger charge is 2.25. The molecule has 0 aliphatic heterocycles. The topological polar surface area (TPSA) is 60.9 Å². The minimum Gasteiger partial charge on any atom is -0.434 e. The van der Waals surface area contributed by atoms with Crippen LogP contribution in [0.1, 0.15) is 24.1 Å². The van der Waals surface area contributed by atoms with Gasteiger partial charge in [0, 0.05) is 17.3 Å². The summed E-state index contributed by atoms with van der Waals surface area (Å²) in [4.78, 5) is 22.4. The maximum atomic E-state index is 13.5. The van der Waals surface area contributed by atoms with Gasteiger partial charge in [-0.1, -0.05) is 55.9 Å². The molecule has 0 bridgehead atoms. The number of halogens is 1. The van der Waals surface area contributed by atoms with Gasteiger partial charge in [-0.2, -0.15) is 9.97 Å². The molecule has 0 N–H and O–H groups in total. The van der Waals surface area contributed by atoms with Gasteiger partial charge in [-0.3, -0.25) is 0 Å². The summed E-state index contributed by atoms with van der Waals surface area (Å²) in [6.45, 7) is 6.55. The molecule has 0 radical (unpaired) electrons. The molecule has 0 spiro atoms. The highest BCUT2D eigenvalue weighted by atomic mass is 28.3. The Balaban J connectivity index is 1.69. The molecule has 0 amide bonds. The Bertz CT molecular complexity index is 1490. The Morgan fingerprint density at radius 1 is 1.03 bits per heavy atom. The number of rotatable bonds is 5. The van der Waals surface area contributed by atoms with Gasteiger partial charge in [-0.25, -0.2) is 13.8 Å². The molecule has 4 aromatic rings. The standard InChI is InChI=1S/C28H26FN3O2Si/c1-35(2,3)16-15-22-18-32(28(33)30-24(22)17-19-9-10-19)26-25(20-7-5-4-6-8-20)34-27(31-26)21-11-13-23(29)14-12-21/h4-8,11-14,18-19H,9-10,17H2,1-3H3. The molecule has 0 unspecified atom stereocenters. The normalized spacial score (nSPS) is 13.4. The molecule has 0 atom stereocenters. The van der Waals surface area contributed by atoms with E-state index in [2.05, 4.69) is 41.1 Å². The van der Waals surface area contributed by atoms with E-state index in [4.69, 9.17) is 4.42 Å². The van der Waals surface area contributed by atoms with Crippen molar-refractivity contribution in [1.82, 2.24) is 14.5 Å². The molecule has 2 aromatic heterocycles. The third kappa shape index (κ3) is 5.33. The fourth-order valence-corrected chi connectivity index (χ4v) is 4.23. The van der Waals surface area contributed by atoms with Crippen molar-refractivity contribution in [3.05, 3.63) is 88.4 Å². The van der Waals surface area contributed by atoms with Crippen LogP contribution in [0, 0.1) is 23.2 Å². The first-order valence-corrected chi connectivity index (χ1v) is 15.3. The van der Waals surface area contributed by atoms with Gasteiger partial charge in [0.25, 0.3) is 0 Å². The molecular formula is C28H26FN3O2Si. The Hall–Kier alpha value is -3.76. The predicted octanol–water partition coefficient (Wildman–Crippen LogP) is 5.88. The largest absolute Gasteiger partial charge is 0.434 e. The molecule has 5 rings (SSSR count). The molecule has 2 aromatic carbocycles. The van der Waals surface area contributed by atoms with Crippen molar-refractivity contribution < 1.29 is 8.81 Å². The van der Waals surface area contributed by atoms with Crippen LogP contribution in [0.2, 0.25) is 19.6 Å². The minimum absolute atomic E-state index is 0.294. The van der Waals surface area contributed by atoms with Crippen molar-refractivity contribution >= 4 is 8.07 Å². The number of hydrogen-bond acceptors (Lipinski definition) is 4. The molecule has 5 nitrogen and oxygen atoms in total. The molecule has 176 valence electrons. The predicted molar refractivity (Wildman–Crippen MR) is 137 cm³/mol. The summed E-state index contributed by atoms with van der Waals surface area (Å²) in [7, 11) is -1.65. The lowest BCUT2D eigenvalue weighted by atomic mass is 10.1. The van der Waals surface area contributed by atoms with Gasteiger partial charge >= 0.3 is 5.69 Å². The highest BCUT2D eigenvalue weighted by molar-refractivity contribution is 6.83. The first kappa shape index (κ1) is 23.0. The summed E-state index contributed by atoms with van der Waals surface area (Å²) in [5, 5.41) is 0. The Kier molecular flexibility index (Phi) is 5.99. The first-order chi connectivity index (χ1) is 16.8. The van der Waals surface area contributed by atoms with Crippen LogP contribution in [-0.2, 0) is 6.42 Å². The zero-order valence-corrected chi connectivity index (χ0v) is 21.0. The van der Waals surface area contributed by atoms with Crippen molar-refractivity contribution in [1.29, 1.82) is 0 Å². The second-order valence-electron chi connectivity index (χ2n) is 9.95. The lowest BCUT2D eigenvalue weighted by molar-refractivity contribution is 0.587. The minimum atomic E-state index is -1.65. The van der Waals surface area contributed by atoms with Crippen LogP contribution >= 0.6 is 0 Å². The summed E-state index contributed by atoms with van der Waals surface area (Å²) in [6, 6.07) is 15.4. The molecule has 35 heavy (non-hydrogen) atoms. The molecule has 1 aliphatic carbocycles. The molecule has 0 saturated heterocycles. The van der Waals surface area contributed by atoms with Gasteiger partial charge in [-0.05, 0) is 49.4 Å². The average molecular weight is 484 g/mol. The lowest BCUT2D eigenvalue weighted by Crippen LogP contribution is -2.25. The summed E-state index contributed by atoms with van der Waals surface area (Å²) in [5.41, 5.74) is 5.87. The molecule has 2 heterocycles. The van der Waals surface area contributed by atoms with E-state index < -0.39 is 13.8 Å². The average Bonchev–Trinajstić information content (AvgIpc) is 3.54. The number of aromatic nitrogens is 3. The van der Waals surface area contributed by atoms with Crippen molar-refractivity contribution in [3.63, 3.8) is 0 Å². The Morgan fingerprint density at radius 3 is 2.40 bits per heavy atom. The van der Waals surface area contributed by atoms with Gasteiger partial charge in [0.2, 0.25) is 5.89 Å². The number of benzene rings is 2. The SMILES string of the molecule is C[Si](C)(C)C#Cc1cn(-c2nc(-c3ccc(F)cc3)oc2-c2ccccc2)c(=O)nc1CC1CC1. The summed E-state index contributed by atoms with van der Waals surface area (Å²) >= 11 is 0. The smallest absolute Gasteiger partial charge is 0.353 e. The third-order valence-electron chi connectivity index (χ3n) is 5.72. The van der Waals surface area contributed by atoms with Crippen molar-refractivity contribution in [2.75, 3.05) is 0 Å². The third-order valence-corrected chi connectivity index (χ3v) is 6.60. The Labute approximate surface area is 204 Å². The fraction of sp³-hybridized carbons (Fsp3) is 0.250.